The van der Waals surface area contributed by atoms with E-state index in [1.54, 1.807) is 18.3 Å². The fraction of sp³-hybridized carbons (Fsp3) is 0.571. The average Bonchev–Trinajstić information content (AvgIpc) is 2.34. The molecule has 17 heavy (non-hydrogen) atoms. The number of ether oxygens (including phenoxy) is 1. The lowest BCUT2D eigenvalue weighted by Gasteiger charge is -2.32. The summed E-state index contributed by atoms with van der Waals surface area (Å²) in [6.07, 6.45) is 5.20. The summed E-state index contributed by atoms with van der Waals surface area (Å²) in [5, 5.41) is 8.97. The maximum atomic E-state index is 8.97. The van der Waals surface area contributed by atoms with Crippen molar-refractivity contribution in [1.82, 2.24) is 4.98 Å². The number of aromatic nitrogens is 1. The van der Waals surface area contributed by atoms with E-state index in [0.717, 1.165) is 18.8 Å². The van der Waals surface area contributed by atoms with Gasteiger partial charge in [-0.1, -0.05) is 13.8 Å². The van der Waals surface area contributed by atoms with E-state index in [4.69, 9.17) is 10.00 Å². The number of rotatable bonds is 2. The molecule has 2 rings (SSSR count). The van der Waals surface area contributed by atoms with Crippen molar-refractivity contribution in [3.8, 4) is 11.9 Å². The molecule has 0 saturated heterocycles. The first kappa shape index (κ1) is 11.9. The van der Waals surface area contributed by atoms with Gasteiger partial charge in [0.25, 0.3) is 0 Å². The van der Waals surface area contributed by atoms with Crippen LogP contribution in [0.15, 0.2) is 18.3 Å². The van der Waals surface area contributed by atoms with Crippen LogP contribution in [-0.2, 0) is 0 Å². The molecule has 1 aromatic heterocycles. The summed E-state index contributed by atoms with van der Waals surface area (Å²) < 4.78 is 5.86. The molecular weight excluding hydrogens is 212 g/mol. The van der Waals surface area contributed by atoms with Gasteiger partial charge in [-0.25, -0.2) is 4.98 Å². The van der Waals surface area contributed by atoms with Gasteiger partial charge in [0, 0.05) is 6.20 Å². The molecule has 90 valence electrons. The van der Waals surface area contributed by atoms with Gasteiger partial charge in [-0.05, 0) is 43.2 Å². The molecule has 0 N–H and O–H groups in total. The third kappa shape index (κ3) is 2.76. The Hall–Kier alpha value is -1.56. The second kappa shape index (κ2) is 5.18. The molecule has 3 atom stereocenters. The van der Waals surface area contributed by atoms with Gasteiger partial charge in [0.15, 0.2) is 0 Å². The van der Waals surface area contributed by atoms with Crippen LogP contribution in [0.3, 0.4) is 0 Å². The normalized spacial score (nSPS) is 28.4. The maximum Gasteiger partial charge on any atom is 0.231 e. The second-order valence-electron chi connectivity index (χ2n) is 4.98. The van der Waals surface area contributed by atoms with E-state index < -0.39 is 0 Å². The minimum atomic E-state index is 0.211. The van der Waals surface area contributed by atoms with Crippen molar-refractivity contribution in [3.05, 3.63) is 23.9 Å². The van der Waals surface area contributed by atoms with Gasteiger partial charge in [-0.3, -0.25) is 0 Å². The Morgan fingerprint density at radius 2 is 2.18 bits per heavy atom. The number of nitrogens with zero attached hydrogens (tertiary/aromatic N) is 2. The SMILES string of the molecule is CC1CCC(Oc2ncccc2C#N)CC1C. The molecule has 0 spiro atoms. The first-order chi connectivity index (χ1) is 8.20. The summed E-state index contributed by atoms with van der Waals surface area (Å²) in [6, 6.07) is 5.63. The largest absolute Gasteiger partial charge is 0.473 e. The highest BCUT2D eigenvalue weighted by Gasteiger charge is 2.26. The summed E-state index contributed by atoms with van der Waals surface area (Å²) in [4.78, 5) is 4.14. The summed E-state index contributed by atoms with van der Waals surface area (Å²) in [6.45, 7) is 4.56. The molecule has 1 heterocycles. The first-order valence-corrected chi connectivity index (χ1v) is 6.22. The van der Waals surface area contributed by atoms with E-state index in [0.29, 0.717) is 17.4 Å². The highest BCUT2D eigenvalue weighted by molar-refractivity contribution is 5.37. The van der Waals surface area contributed by atoms with Crippen LogP contribution in [0, 0.1) is 23.2 Å². The van der Waals surface area contributed by atoms with Crippen molar-refractivity contribution in [2.24, 2.45) is 11.8 Å². The fourth-order valence-corrected chi connectivity index (χ4v) is 2.33. The molecule has 1 aliphatic carbocycles. The van der Waals surface area contributed by atoms with Gasteiger partial charge < -0.3 is 4.74 Å². The van der Waals surface area contributed by atoms with Crippen molar-refractivity contribution in [3.63, 3.8) is 0 Å². The van der Waals surface area contributed by atoms with Gasteiger partial charge in [-0.15, -0.1) is 0 Å². The third-order valence-corrected chi connectivity index (χ3v) is 3.72. The smallest absolute Gasteiger partial charge is 0.231 e. The van der Waals surface area contributed by atoms with Gasteiger partial charge in [0.1, 0.15) is 17.7 Å². The molecule has 1 aliphatic rings. The lowest BCUT2D eigenvalue weighted by atomic mass is 9.80. The molecule has 3 unspecified atom stereocenters. The molecule has 3 nitrogen and oxygen atoms in total. The van der Waals surface area contributed by atoms with Gasteiger partial charge in [-0.2, -0.15) is 5.26 Å². The zero-order valence-electron chi connectivity index (χ0n) is 10.4. The monoisotopic (exact) mass is 230 g/mol. The summed E-state index contributed by atoms with van der Waals surface area (Å²) in [7, 11) is 0. The zero-order chi connectivity index (χ0) is 12.3. The Bertz CT molecular complexity index is 424. The van der Waals surface area contributed by atoms with Crippen LogP contribution < -0.4 is 4.74 Å². The molecule has 1 fully saturated rings. The Balaban J connectivity index is 2.04. The van der Waals surface area contributed by atoms with Crippen LogP contribution in [0.25, 0.3) is 0 Å². The van der Waals surface area contributed by atoms with Crippen LogP contribution in [0.4, 0.5) is 0 Å². The van der Waals surface area contributed by atoms with Crippen molar-refractivity contribution in [1.29, 1.82) is 5.26 Å². The summed E-state index contributed by atoms with van der Waals surface area (Å²) in [5.41, 5.74) is 0.527. The quantitative estimate of drug-likeness (QED) is 0.784. The van der Waals surface area contributed by atoms with Crippen LogP contribution in [0.2, 0.25) is 0 Å². The van der Waals surface area contributed by atoms with E-state index in [9.17, 15) is 0 Å². The standard InChI is InChI=1S/C14H18N2O/c1-10-5-6-13(8-11(10)2)17-14-12(9-15)4-3-7-16-14/h3-4,7,10-11,13H,5-6,8H2,1-2H3. The van der Waals surface area contributed by atoms with E-state index in [1.807, 2.05) is 0 Å². The van der Waals surface area contributed by atoms with Crippen LogP contribution in [0.5, 0.6) is 5.88 Å². The minimum Gasteiger partial charge on any atom is -0.473 e. The summed E-state index contributed by atoms with van der Waals surface area (Å²) >= 11 is 0. The van der Waals surface area contributed by atoms with E-state index in [2.05, 4.69) is 24.9 Å². The Labute approximate surface area is 102 Å². The highest BCUT2D eigenvalue weighted by Crippen LogP contribution is 2.31. The maximum absolute atomic E-state index is 8.97. The first-order valence-electron chi connectivity index (χ1n) is 6.22. The third-order valence-electron chi connectivity index (χ3n) is 3.72. The molecule has 0 bridgehead atoms. The van der Waals surface area contributed by atoms with Crippen molar-refractivity contribution in [2.45, 2.75) is 39.2 Å². The van der Waals surface area contributed by atoms with Gasteiger partial charge in [0.2, 0.25) is 5.88 Å². The van der Waals surface area contributed by atoms with Crippen LogP contribution >= 0.6 is 0 Å². The van der Waals surface area contributed by atoms with E-state index in [1.165, 1.54) is 6.42 Å². The fourth-order valence-electron chi connectivity index (χ4n) is 2.33. The molecule has 1 aromatic rings. The molecular formula is C14H18N2O. The van der Waals surface area contributed by atoms with Gasteiger partial charge in [0.05, 0.1) is 0 Å². The zero-order valence-corrected chi connectivity index (χ0v) is 10.4. The minimum absolute atomic E-state index is 0.211. The molecule has 0 aliphatic heterocycles. The highest BCUT2D eigenvalue weighted by atomic mass is 16.5. The number of pyridine rings is 1. The van der Waals surface area contributed by atoms with Crippen molar-refractivity contribution < 1.29 is 4.74 Å². The lowest BCUT2D eigenvalue weighted by Crippen LogP contribution is -2.29. The summed E-state index contributed by atoms with van der Waals surface area (Å²) in [5.74, 6) is 1.94. The Kier molecular flexibility index (Phi) is 3.63. The van der Waals surface area contributed by atoms with Crippen molar-refractivity contribution >= 4 is 0 Å². The number of nitriles is 1. The van der Waals surface area contributed by atoms with Gasteiger partial charge >= 0.3 is 0 Å². The lowest BCUT2D eigenvalue weighted by molar-refractivity contribution is 0.0962. The number of hydrogen-bond acceptors (Lipinski definition) is 3. The number of hydrogen-bond donors (Lipinski definition) is 0. The van der Waals surface area contributed by atoms with E-state index >= 15 is 0 Å². The second-order valence-corrected chi connectivity index (χ2v) is 4.98. The molecule has 1 saturated carbocycles. The van der Waals surface area contributed by atoms with Crippen molar-refractivity contribution in [2.75, 3.05) is 0 Å². The van der Waals surface area contributed by atoms with E-state index in [-0.39, 0.29) is 6.10 Å². The molecule has 0 aromatic carbocycles. The topological polar surface area (TPSA) is 45.9 Å². The Morgan fingerprint density at radius 1 is 1.35 bits per heavy atom. The van der Waals surface area contributed by atoms with Crippen LogP contribution in [0.1, 0.15) is 38.7 Å². The molecule has 0 amide bonds. The molecule has 0 radical (unpaired) electrons. The molecule has 3 heteroatoms. The Morgan fingerprint density at radius 3 is 2.88 bits per heavy atom. The van der Waals surface area contributed by atoms with Crippen LogP contribution in [-0.4, -0.2) is 11.1 Å². The predicted octanol–water partition coefficient (Wildman–Crippen LogP) is 3.16. The predicted molar refractivity (Wildman–Crippen MR) is 65.5 cm³/mol. The average molecular weight is 230 g/mol.